The highest BCUT2D eigenvalue weighted by molar-refractivity contribution is 6.25. The lowest BCUT2D eigenvalue weighted by Crippen LogP contribution is -2.54. The first-order valence-corrected chi connectivity index (χ1v) is 10.3. The van der Waals surface area contributed by atoms with Gasteiger partial charge in [0.15, 0.2) is 0 Å². The standard InChI is InChI=1S/C22H18N4O5/c27-19-17-16-9-4-10-24(16)22(14-7-1-2-8-15(14)23-21(22)29)18(17)20(28)25(19)12-5-3-6-13(11-12)26(30)31/h1-3,5-8,11,16-18H,4,9-10H2,(H,23,29)/t16-,17+,18+,22+/m0/s1. The van der Waals surface area contributed by atoms with E-state index < -0.39 is 28.2 Å². The molecule has 3 fully saturated rings. The SMILES string of the molecule is O=C1[C@@H]2[C@@H]3CCCN3[C@@]3(C(=O)Nc4ccccc43)[C@H]2C(=O)N1c1cccc([N+](=O)[O-])c1. The summed E-state index contributed by atoms with van der Waals surface area (Å²) in [5, 5.41) is 14.1. The monoisotopic (exact) mass is 418 g/mol. The van der Waals surface area contributed by atoms with Gasteiger partial charge in [-0.2, -0.15) is 0 Å². The van der Waals surface area contributed by atoms with Crippen LogP contribution in [0.4, 0.5) is 17.1 Å². The highest BCUT2D eigenvalue weighted by Crippen LogP contribution is 2.60. The van der Waals surface area contributed by atoms with Crippen molar-refractivity contribution in [2.24, 2.45) is 11.8 Å². The van der Waals surface area contributed by atoms with Gasteiger partial charge in [-0.05, 0) is 31.5 Å². The minimum atomic E-state index is -1.23. The summed E-state index contributed by atoms with van der Waals surface area (Å²) in [5.41, 5.74) is 0.126. The molecule has 1 spiro atoms. The molecule has 4 heterocycles. The average Bonchev–Trinajstić information content (AvgIpc) is 3.46. The third-order valence-electron chi connectivity index (χ3n) is 7.20. The summed E-state index contributed by atoms with van der Waals surface area (Å²) in [7, 11) is 0. The molecule has 0 unspecified atom stereocenters. The molecule has 31 heavy (non-hydrogen) atoms. The molecule has 9 nitrogen and oxygen atoms in total. The predicted octanol–water partition coefficient (Wildman–Crippen LogP) is 2.03. The van der Waals surface area contributed by atoms with E-state index in [9.17, 15) is 24.5 Å². The number of amides is 3. The lowest BCUT2D eigenvalue weighted by molar-refractivity contribution is -0.384. The van der Waals surface area contributed by atoms with Crippen LogP contribution in [0.25, 0.3) is 0 Å². The van der Waals surface area contributed by atoms with Crippen molar-refractivity contribution in [2.75, 3.05) is 16.8 Å². The van der Waals surface area contributed by atoms with Gasteiger partial charge in [0.05, 0.1) is 22.4 Å². The van der Waals surface area contributed by atoms with Crippen LogP contribution in [0.2, 0.25) is 0 Å². The Balaban J connectivity index is 1.53. The first-order valence-electron chi connectivity index (χ1n) is 10.3. The number of non-ortho nitro benzene ring substituents is 1. The number of benzene rings is 2. The number of nitrogens with one attached hydrogen (secondary N) is 1. The third kappa shape index (κ3) is 2.06. The summed E-state index contributed by atoms with van der Waals surface area (Å²) in [6.07, 6.45) is 1.56. The normalized spacial score (nSPS) is 31.2. The quantitative estimate of drug-likeness (QED) is 0.454. The number of imide groups is 1. The molecule has 2 aromatic carbocycles. The molecule has 4 aliphatic rings. The zero-order valence-electron chi connectivity index (χ0n) is 16.4. The van der Waals surface area contributed by atoms with Crippen LogP contribution in [0.1, 0.15) is 18.4 Å². The molecule has 0 bridgehead atoms. The van der Waals surface area contributed by atoms with Gasteiger partial charge in [-0.3, -0.25) is 29.4 Å². The number of hydrogen-bond donors (Lipinski definition) is 1. The summed E-state index contributed by atoms with van der Waals surface area (Å²) >= 11 is 0. The highest BCUT2D eigenvalue weighted by Gasteiger charge is 2.74. The molecule has 3 amide bonds. The van der Waals surface area contributed by atoms with Gasteiger partial charge in [0, 0.05) is 29.4 Å². The molecule has 0 aliphatic carbocycles. The highest BCUT2D eigenvalue weighted by atomic mass is 16.6. The van der Waals surface area contributed by atoms with Gasteiger partial charge in [-0.15, -0.1) is 0 Å². The fourth-order valence-corrected chi connectivity index (χ4v) is 6.16. The Bertz CT molecular complexity index is 1200. The first kappa shape index (κ1) is 18.2. The summed E-state index contributed by atoms with van der Waals surface area (Å²) in [6, 6.07) is 12.6. The van der Waals surface area contributed by atoms with Crippen molar-refractivity contribution >= 4 is 34.8 Å². The fourth-order valence-electron chi connectivity index (χ4n) is 6.16. The van der Waals surface area contributed by atoms with E-state index in [0.717, 1.165) is 23.3 Å². The lowest BCUT2D eigenvalue weighted by atomic mass is 9.75. The number of anilines is 2. The van der Waals surface area contributed by atoms with Gasteiger partial charge in [-0.25, -0.2) is 4.90 Å². The third-order valence-corrected chi connectivity index (χ3v) is 7.20. The van der Waals surface area contributed by atoms with E-state index >= 15 is 0 Å². The first-order chi connectivity index (χ1) is 15.0. The van der Waals surface area contributed by atoms with Gasteiger partial charge in [0.2, 0.25) is 17.7 Å². The van der Waals surface area contributed by atoms with Crippen LogP contribution in [0.3, 0.4) is 0 Å². The number of nitro groups is 1. The van der Waals surface area contributed by atoms with Crippen LogP contribution in [0.5, 0.6) is 0 Å². The van der Waals surface area contributed by atoms with Crippen molar-refractivity contribution in [3.05, 3.63) is 64.2 Å². The molecule has 4 atom stereocenters. The number of nitrogens with zero attached hydrogens (tertiary/aromatic N) is 3. The number of carbonyl (C=O) groups is 3. The Kier molecular flexibility index (Phi) is 3.51. The molecular weight excluding hydrogens is 400 g/mol. The second-order valence-electron chi connectivity index (χ2n) is 8.46. The number of nitro benzene ring substituents is 1. The van der Waals surface area contributed by atoms with Crippen molar-refractivity contribution in [3.8, 4) is 0 Å². The molecule has 4 aliphatic heterocycles. The summed E-state index contributed by atoms with van der Waals surface area (Å²) in [6.45, 7) is 0.636. The van der Waals surface area contributed by atoms with Crippen molar-refractivity contribution in [3.63, 3.8) is 0 Å². The van der Waals surface area contributed by atoms with Crippen LogP contribution < -0.4 is 10.2 Å². The smallest absolute Gasteiger partial charge is 0.271 e. The molecular formula is C22H18N4O5. The van der Waals surface area contributed by atoms with Crippen LogP contribution >= 0.6 is 0 Å². The fraction of sp³-hybridized carbons (Fsp3) is 0.318. The van der Waals surface area contributed by atoms with E-state index in [4.69, 9.17) is 0 Å². The van der Waals surface area contributed by atoms with E-state index in [2.05, 4.69) is 5.32 Å². The second-order valence-corrected chi connectivity index (χ2v) is 8.46. The van der Waals surface area contributed by atoms with Gasteiger partial charge in [0.1, 0.15) is 5.54 Å². The molecule has 0 aromatic heterocycles. The van der Waals surface area contributed by atoms with Crippen LogP contribution in [-0.2, 0) is 19.9 Å². The van der Waals surface area contributed by atoms with Crippen LogP contribution in [0, 0.1) is 22.0 Å². The number of para-hydroxylation sites is 1. The number of fused-ring (bicyclic) bond motifs is 7. The van der Waals surface area contributed by atoms with E-state index in [1.165, 1.54) is 24.3 Å². The number of carbonyl (C=O) groups excluding carboxylic acids is 3. The zero-order chi connectivity index (χ0) is 21.5. The Morgan fingerprint density at radius 3 is 2.68 bits per heavy atom. The molecule has 3 saturated heterocycles. The van der Waals surface area contributed by atoms with Crippen LogP contribution in [0.15, 0.2) is 48.5 Å². The number of rotatable bonds is 2. The lowest BCUT2D eigenvalue weighted by Gasteiger charge is -2.36. The molecule has 9 heteroatoms. The van der Waals surface area contributed by atoms with E-state index in [1.807, 2.05) is 23.1 Å². The molecule has 2 aromatic rings. The maximum Gasteiger partial charge on any atom is 0.271 e. The van der Waals surface area contributed by atoms with Gasteiger partial charge < -0.3 is 5.32 Å². The topological polar surface area (TPSA) is 113 Å². The zero-order valence-corrected chi connectivity index (χ0v) is 16.4. The van der Waals surface area contributed by atoms with Crippen LogP contribution in [-0.4, -0.2) is 40.1 Å². The van der Waals surface area contributed by atoms with Gasteiger partial charge >= 0.3 is 0 Å². The van der Waals surface area contributed by atoms with Crippen molar-refractivity contribution < 1.29 is 19.3 Å². The maximum atomic E-state index is 13.8. The maximum absolute atomic E-state index is 13.8. The predicted molar refractivity (Wildman–Crippen MR) is 109 cm³/mol. The summed E-state index contributed by atoms with van der Waals surface area (Å²) in [5.74, 6) is -2.67. The van der Waals surface area contributed by atoms with Crippen molar-refractivity contribution in [1.82, 2.24) is 4.90 Å². The van der Waals surface area contributed by atoms with E-state index in [-0.39, 0.29) is 29.2 Å². The van der Waals surface area contributed by atoms with E-state index in [0.29, 0.717) is 12.2 Å². The van der Waals surface area contributed by atoms with Crippen molar-refractivity contribution in [2.45, 2.75) is 24.4 Å². The Morgan fingerprint density at radius 2 is 1.87 bits per heavy atom. The van der Waals surface area contributed by atoms with Gasteiger partial charge in [0.25, 0.3) is 5.69 Å². The molecule has 1 N–H and O–H groups in total. The van der Waals surface area contributed by atoms with Crippen molar-refractivity contribution in [1.29, 1.82) is 0 Å². The molecule has 6 rings (SSSR count). The second kappa shape index (κ2) is 5.98. The Labute approximate surface area is 176 Å². The van der Waals surface area contributed by atoms with E-state index in [1.54, 1.807) is 6.07 Å². The minimum Gasteiger partial charge on any atom is -0.324 e. The van der Waals surface area contributed by atoms with Gasteiger partial charge in [-0.1, -0.05) is 24.3 Å². The largest absolute Gasteiger partial charge is 0.324 e. The Hall–Kier alpha value is -3.59. The Morgan fingerprint density at radius 1 is 1.06 bits per heavy atom. The minimum absolute atomic E-state index is 0.171. The molecule has 156 valence electrons. The average molecular weight is 418 g/mol. The summed E-state index contributed by atoms with van der Waals surface area (Å²) in [4.78, 5) is 54.5. The molecule has 0 radical (unpaired) electrons. The number of hydrogen-bond acceptors (Lipinski definition) is 6. The molecule has 0 saturated carbocycles. The summed E-state index contributed by atoms with van der Waals surface area (Å²) < 4.78 is 0.